The summed E-state index contributed by atoms with van der Waals surface area (Å²) in [6.07, 6.45) is 3.56. The third-order valence-electron chi connectivity index (χ3n) is 7.35. The highest BCUT2D eigenvalue weighted by atomic mass is 19.1. The number of piperidine rings is 1. The van der Waals surface area contributed by atoms with Crippen LogP contribution >= 0.6 is 0 Å². The maximum atomic E-state index is 14.9. The van der Waals surface area contributed by atoms with Crippen LogP contribution in [0.1, 0.15) is 38.2 Å². The highest BCUT2D eigenvalue weighted by molar-refractivity contribution is 5.83. The topological polar surface area (TPSA) is 133 Å². The lowest BCUT2D eigenvalue weighted by Gasteiger charge is -2.33. The molecule has 37 heavy (non-hydrogen) atoms. The number of aromatic nitrogens is 1. The van der Waals surface area contributed by atoms with Crippen molar-refractivity contribution < 1.29 is 23.8 Å². The number of amides is 2. The van der Waals surface area contributed by atoms with Gasteiger partial charge in [0, 0.05) is 37.5 Å². The van der Waals surface area contributed by atoms with Gasteiger partial charge in [-0.2, -0.15) is 5.26 Å². The molecule has 1 aromatic carbocycles. The van der Waals surface area contributed by atoms with E-state index in [1.165, 1.54) is 15.9 Å². The van der Waals surface area contributed by atoms with Crippen molar-refractivity contribution in [3.8, 4) is 23.1 Å². The predicted octanol–water partition coefficient (Wildman–Crippen LogP) is 3.43. The number of pyridine rings is 1. The molecule has 2 saturated heterocycles. The lowest BCUT2D eigenvalue weighted by molar-refractivity contribution is -0.132. The number of nitrogens with zero attached hydrogens (tertiary/aromatic N) is 4. The van der Waals surface area contributed by atoms with E-state index in [1.54, 1.807) is 30.5 Å². The number of nitriles is 1. The molecular weight excluding hydrogens is 477 g/mol. The Morgan fingerprint density at radius 2 is 1.95 bits per heavy atom. The van der Waals surface area contributed by atoms with E-state index in [2.05, 4.69) is 11.1 Å². The maximum Gasteiger partial charge on any atom is 0.407 e. The minimum atomic E-state index is -0.911. The SMILES string of the molecule is C[C@H](Oc1ccc(-c2ccc(CC(N)C(=O)N3CCC[C@H]3C#N)c(F)c2)cn1)C1CCN(C(=O)O)CC1. The van der Waals surface area contributed by atoms with Crippen molar-refractivity contribution in [1.82, 2.24) is 14.8 Å². The smallest absolute Gasteiger partial charge is 0.407 e. The van der Waals surface area contributed by atoms with Gasteiger partial charge in [0.25, 0.3) is 0 Å². The molecule has 196 valence electrons. The second-order valence-corrected chi connectivity index (χ2v) is 9.75. The van der Waals surface area contributed by atoms with Crippen molar-refractivity contribution in [3.05, 3.63) is 47.9 Å². The summed E-state index contributed by atoms with van der Waals surface area (Å²) in [4.78, 5) is 31.0. The fraction of sp³-hybridized carbons (Fsp3) is 0.481. The van der Waals surface area contributed by atoms with Gasteiger partial charge < -0.3 is 25.4 Å². The predicted molar refractivity (Wildman–Crippen MR) is 134 cm³/mol. The van der Waals surface area contributed by atoms with Gasteiger partial charge in [-0.05, 0) is 68.2 Å². The van der Waals surface area contributed by atoms with Gasteiger partial charge in [0.1, 0.15) is 18.0 Å². The minimum Gasteiger partial charge on any atom is -0.474 e. The molecule has 1 unspecified atom stereocenters. The molecule has 4 rings (SSSR count). The van der Waals surface area contributed by atoms with Crippen LogP contribution in [0, 0.1) is 23.1 Å². The van der Waals surface area contributed by atoms with Gasteiger partial charge in [-0.3, -0.25) is 4.79 Å². The number of ether oxygens (including phenoxy) is 1. The molecule has 2 fully saturated rings. The van der Waals surface area contributed by atoms with Crippen LogP contribution in [-0.2, 0) is 11.2 Å². The minimum absolute atomic E-state index is 0.0495. The van der Waals surface area contributed by atoms with Gasteiger partial charge in [-0.15, -0.1) is 0 Å². The van der Waals surface area contributed by atoms with Gasteiger partial charge in [0.15, 0.2) is 0 Å². The Labute approximate surface area is 215 Å². The summed E-state index contributed by atoms with van der Waals surface area (Å²) in [5.41, 5.74) is 7.77. The molecule has 2 aromatic rings. The lowest BCUT2D eigenvalue weighted by atomic mass is 9.92. The van der Waals surface area contributed by atoms with E-state index in [9.17, 15) is 19.2 Å². The molecule has 0 bridgehead atoms. The Balaban J connectivity index is 1.34. The molecule has 1 aromatic heterocycles. The zero-order valence-electron chi connectivity index (χ0n) is 20.8. The fourth-order valence-electron chi connectivity index (χ4n) is 5.06. The summed E-state index contributed by atoms with van der Waals surface area (Å²) in [6.45, 7) is 3.46. The van der Waals surface area contributed by atoms with Crippen LogP contribution in [0.5, 0.6) is 5.88 Å². The molecule has 3 atom stereocenters. The molecule has 9 nitrogen and oxygen atoms in total. The monoisotopic (exact) mass is 509 g/mol. The molecule has 3 N–H and O–H groups in total. The molecule has 0 radical (unpaired) electrons. The fourth-order valence-corrected chi connectivity index (χ4v) is 5.06. The van der Waals surface area contributed by atoms with Crippen molar-refractivity contribution in [3.63, 3.8) is 0 Å². The summed E-state index contributed by atoms with van der Waals surface area (Å²) >= 11 is 0. The second kappa shape index (κ2) is 11.6. The quantitative estimate of drug-likeness (QED) is 0.584. The lowest BCUT2D eigenvalue weighted by Crippen LogP contribution is -2.46. The van der Waals surface area contributed by atoms with Crippen LogP contribution in [0.4, 0.5) is 9.18 Å². The van der Waals surface area contributed by atoms with E-state index >= 15 is 0 Å². The number of carbonyl (C=O) groups excluding carboxylic acids is 1. The Bertz CT molecular complexity index is 1160. The van der Waals surface area contributed by atoms with E-state index in [1.807, 2.05) is 6.92 Å². The number of hydrogen-bond donors (Lipinski definition) is 2. The van der Waals surface area contributed by atoms with Crippen molar-refractivity contribution in [1.29, 1.82) is 5.26 Å². The molecule has 0 spiro atoms. The molecule has 0 aliphatic carbocycles. The van der Waals surface area contributed by atoms with E-state index in [-0.39, 0.29) is 24.3 Å². The van der Waals surface area contributed by atoms with Crippen LogP contribution in [0.15, 0.2) is 36.5 Å². The van der Waals surface area contributed by atoms with Crippen molar-refractivity contribution in [2.45, 2.75) is 57.2 Å². The average molecular weight is 510 g/mol. The number of benzene rings is 1. The molecular formula is C27H32FN5O4. The molecule has 10 heteroatoms. The van der Waals surface area contributed by atoms with Gasteiger partial charge in [-0.1, -0.05) is 12.1 Å². The molecule has 0 saturated carbocycles. The summed E-state index contributed by atoms with van der Waals surface area (Å²) in [5, 5.41) is 18.3. The first-order valence-corrected chi connectivity index (χ1v) is 12.6. The van der Waals surface area contributed by atoms with E-state index in [4.69, 9.17) is 15.6 Å². The highest BCUT2D eigenvalue weighted by Crippen LogP contribution is 2.27. The van der Waals surface area contributed by atoms with Crippen LogP contribution in [0.25, 0.3) is 11.1 Å². The Morgan fingerprint density at radius 3 is 2.57 bits per heavy atom. The number of hydrogen-bond acceptors (Lipinski definition) is 6. The first-order valence-electron chi connectivity index (χ1n) is 12.6. The zero-order valence-corrected chi connectivity index (χ0v) is 20.8. The van der Waals surface area contributed by atoms with Gasteiger partial charge in [0.2, 0.25) is 11.8 Å². The first kappa shape index (κ1) is 26.4. The maximum absolute atomic E-state index is 14.9. The van der Waals surface area contributed by atoms with Crippen LogP contribution in [0.2, 0.25) is 0 Å². The van der Waals surface area contributed by atoms with Crippen molar-refractivity contribution in [2.75, 3.05) is 19.6 Å². The number of carboxylic acid groups (broad SMARTS) is 1. The van der Waals surface area contributed by atoms with Gasteiger partial charge >= 0.3 is 6.09 Å². The number of halogens is 1. The number of rotatable bonds is 7. The van der Waals surface area contributed by atoms with Gasteiger partial charge in [0.05, 0.1) is 12.1 Å². The van der Waals surface area contributed by atoms with Gasteiger partial charge in [-0.25, -0.2) is 14.2 Å². The standard InChI is InChI=1S/C27H32FN5O4/c1-17(18-8-11-32(12-9-18)27(35)36)37-25-7-6-21(16-31-25)19-4-5-20(23(28)13-19)14-24(30)26(34)33-10-2-3-22(33)15-29/h4-7,13,16-18,22,24H,2-3,8-12,14,30H2,1H3,(H,35,36)/t17-,22-,24?/m0/s1. The third-order valence-corrected chi connectivity index (χ3v) is 7.35. The van der Waals surface area contributed by atoms with Crippen molar-refractivity contribution in [2.24, 2.45) is 11.7 Å². The molecule has 2 aliphatic heterocycles. The van der Waals surface area contributed by atoms with Crippen LogP contribution in [0.3, 0.4) is 0 Å². The molecule has 2 amide bonds. The number of carbonyl (C=O) groups is 2. The average Bonchev–Trinajstić information content (AvgIpc) is 3.39. The highest BCUT2D eigenvalue weighted by Gasteiger charge is 2.32. The van der Waals surface area contributed by atoms with E-state index < -0.39 is 24.0 Å². The second-order valence-electron chi connectivity index (χ2n) is 9.75. The normalized spacial score (nSPS) is 19.8. The van der Waals surface area contributed by atoms with E-state index in [0.29, 0.717) is 43.1 Å². The number of nitrogens with two attached hydrogens (primary N) is 1. The molecule has 3 heterocycles. The number of likely N-dealkylation sites (tertiary alicyclic amines) is 2. The summed E-state index contributed by atoms with van der Waals surface area (Å²) in [6, 6.07) is 9.09. The molecule has 2 aliphatic rings. The third kappa shape index (κ3) is 6.17. The summed E-state index contributed by atoms with van der Waals surface area (Å²) in [5.74, 6) is -0.0843. The van der Waals surface area contributed by atoms with Crippen LogP contribution in [-0.4, -0.2) is 69.7 Å². The Kier molecular flexibility index (Phi) is 8.24. The Hall–Kier alpha value is -3.71. The summed E-state index contributed by atoms with van der Waals surface area (Å²) in [7, 11) is 0. The van der Waals surface area contributed by atoms with Crippen LogP contribution < -0.4 is 10.5 Å². The summed E-state index contributed by atoms with van der Waals surface area (Å²) < 4.78 is 20.9. The zero-order chi connectivity index (χ0) is 26.5. The van der Waals surface area contributed by atoms with Crippen molar-refractivity contribution >= 4 is 12.0 Å². The first-order chi connectivity index (χ1) is 17.8. The van der Waals surface area contributed by atoms with E-state index in [0.717, 1.165) is 24.8 Å². The largest absolute Gasteiger partial charge is 0.474 e. The Morgan fingerprint density at radius 1 is 1.22 bits per heavy atom.